The number of hydrogen-bond donors (Lipinski definition) is 1. The molecule has 0 unspecified atom stereocenters. The molecule has 4 saturated carbocycles. The van der Waals surface area contributed by atoms with Gasteiger partial charge in [-0.2, -0.15) is 0 Å². The van der Waals surface area contributed by atoms with Gasteiger partial charge in [-0.3, -0.25) is 0 Å². The molecule has 3 heteroatoms. The first-order chi connectivity index (χ1) is 11.1. The number of aliphatic hydroxyl groups is 1. The van der Waals surface area contributed by atoms with Crippen LogP contribution >= 0.6 is 0 Å². The van der Waals surface area contributed by atoms with Gasteiger partial charge in [0.1, 0.15) is 0 Å². The summed E-state index contributed by atoms with van der Waals surface area (Å²) in [6.07, 6.45) is 11.2. The predicted molar refractivity (Wildman–Crippen MR) is 87.8 cm³/mol. The summed E-state index contributed by atoms with van der Waals surface area (Å²) in [7, 11) is 0. The fraction of sp³-hybridized carbons (Fsp3) is 1.00. The van der Waals surface area contributed by atoms with Crippen molar-refractivity contribution in [1.29, 1.82) is 0 Å². The normalized spacial score (nSPS) is 54.5. The average molecular weight is 320 g/mol. The molecule has 0 aromatic heterocycles. The van der Waals surface area contributed by atoms with Crippen LogP contribution in [0, 0.1) is 35.0 Å². The second kappa shape index (κ2) is 5.19. The summed E-state index contributed by atoms with van der Waals surface area (Å²) in [5.74, 6) is 4.09. The Morgan fingerprint density at radius 3 is 2.43 bits per heavy atom. The van der Waals surface area contributed by atoms with Crippen LogP contribution in [0.2, 0.25) is 0 Å². The fourth-order valence-corrected chi connectivity index (χ4v) is 7.56. The predicted octanol–water partition coefficient (Wildman–Crippen LogP) is 3.74. The van der Waals surface area contributed by atoms with E-state index in [-0.39, 0.29) is 17.3 Å². The van der Waals surface area contributed by atoms with E-state index in [0.717, 1.165) is 62.1 Å². The minimum absolute atomic E-state index is 0.0407. The monoisotopic (exact) mass is 320 g/mol. The Morgan fingerprint density at radius 1 is 0.826 bits per heavy atom. The summed E-state index contributed by atoms with van der Waals surface area (Å²) in [4.78, 5) is 0. The van der Waals surface area contributed by atoms with E-state index in [1.54, 1.807) is 0 Å². The number of aliphatic hydroxyl groups excluding tert-OH is 1. The quantitative estimate of drug-likeness (QED) is 0.739. The average Bonchev–Trinajstić information content (AvgIpc) is 3.12. The lowest BCUT2D eigenvalue weighted by atomic mass is 9.50. The second-order valence-electron chi connectivity index (χ2n) is 9.42. The van der Waals surface area contributed by atoms with Crippen molar-refractivity contribution in [1.82, 2.24) is 0 Å². The van der Waals surface area contributed by atoms with Crippen LogP contribution in [-0.2, 0) is 9.47 Å². The van der Waals surface area contributed by atoms with Crippen LogP contribution in [0.1, 0.15) is 64.7 Å². The van der Waals surface area contributed by atoms with Crippen molar-refractivity contribution in [3.63, 3.8) is 0 Å². The van der Waals surface area contributed by atoms with Crippen molar-refractivity contribution in [2.24, 2.45) is 35.0 Å². The number of ether oxygens (including phenoxy) is 2. The highest BCUT2D eigenvalue weighted by Gasteiger charge is 2.58. The van der Waals surface area contributed by atoms with E-state index in [1.807, 2.05) is 0 Å². The molecule has 5 fully saturated rings. The molecule has 7 atom stereocenters. The van der Waals surface area contributed by atoms with Crippen LogP contribution < -0.4 is 0 Å². The van der Waals surface area contributed by atoms with Crippen LogP contribution in [0.25, 0.3) is 0 Å². The minimum Gasteiger partial charge on any atom is -0.393 e. The van der Waals surface area contributed by atoms with Gasteiger partial charge >= 0.3 is 0 Å². The standard InChI is InChI=1S/C20H32O3/c1-19-8-6-15-14-7-9-20(22-10-11-23-20)12-13(14)2-3-16(15)17(19)4-5-18(19)21/h13-18,21H,2-12H2,1H3/t13-,14-,15-,16-,17+,18+,19-/m0/s1. The van der Waals surface area contributed by atoms with Crippen LogP contribution in [0.5, 0.6) is 0 Å². The molecule has 0 aromatic rings. The number of hydrogen-bond acceptors (Lipinski definition) is 3. The summed E-state index contributed by atoms with van der Waals surface area (Å²) < 4.78 is 12.0. The van der Waals surface area contributed by atoms with Crippen LogP contribution in [0.15, 0.2) is 0 Å². The molecule has 1 spiro atoms. The van der Waals surface area contributed by atoms with E-state index in [1.165, 1.54) is 38.5 Å². The fourth-order valence-electron chi connectivity index (χ4n) is 7.56. The molecular weight excluding hydrogens is 288 g/mol. The molecule has 5 rings (SSSR count). The first-order valence-corrected chi connectivity index (χ1v) is 10.1. The smallest absolute Gasteiger partial charge is 0.168 e. The molecule has 1 N–H and O–H groups in total. The second-order valence-corrected chi connectivity index (χ2v) is 9.42. The maximum Gasteiger partial charge on any atom is 0.168 e. The van der Waals surface area contributed by atoms with Crippen molar-refractivity contribution in [3.8, 4) is 0 Å². The Kier molecular flexibility index (Phi) is 3.42. The highest BCUT2D eigenvalue weighted by molar-refractivity contribution is 5.06. The van der Waals surface area contributed by atoms with Crippen LogP contribution in [0.3, 0.4) is 0 Å². The van der Waals surface area contributed by atoms with E-state index in [4.69, 9.17) is 9.47 Å². The minimum atomic E-state index is -0.208. The molecule has 0 radical (unpaired) electrons. The zero-order valence-corrected chi connectivity index (χ0v) is 14.5. The van der Waals surface area contributed by atoms with E-state index in [2.05, 4.69) is 6.92 Å². The molecule has 1 aliphatic heterocycles. The molecule has 0 amide bonds. The van der Waals surface area contributed by atoms with Crippen molar-refractivity contribution < 1.29 is 14.6 Å². The van der Waals surface area contributed by atoms with Gasteiger partial charge < -0.3 is 14.6 Å². The lowest BCUT2D eigenvalue weighted by Crippen LogP contribution is -2.51. The summed E-state index contributed by atoms with van der Waals surface area (Å²) in [5.41, 5.74) is 0.224. The topological polar surface area (TPSA) is 38.7 Å². The van der Waals surface area contributed by atoms with Crippen LogP contribution in [0.4, 0.5) is 0 Å². The summed E-state index contributed by atoms with van der Waals surface area (Å²) in [6.45, 7) is 3.97. The molecule has 1 saturated heterocycles. The third kappa shape index (κ3) is 2.12. The highest BCUT2D eigenvalue weighted by Crippen LogP contribution is 2.63. The molecular formula is C20H32O3. The Morgan fingerprint density at radius 2 is 1.61 bits per heavy atom. The Hall–Kier alpha value is -0.120. The molecule has 130 valence electrons. The number of rotatable bonds is 0. The van der Waals surface area contributed by atoms with Crippen LogP contribution in [-0.4, -0.2) is 30.2 Å². The van der Waals surface area contributed by atoms with Gasteiger partial charge in [0.15, 0.2) is 5.79 Å². The molecule has 23 heavy (non-hydrogen) atoms. The maximum atomic E-state index is 10.5. The van der Waals surface area contributed by atoms with Gasteiger partial charge in [-0.05, 0) is 80.0 Å². The van der Waals surface area contributed by atoms with Gasteiger partial charge in [-0.25, -0.2) is 0 Å². The molecule has 5 aliphatic rings. The zero-order valence-electron chi connectivity index (χ0n) is 14.5. The molecule has 3 nitrogen and oxygen atoms in total. The van der Waals surface area contributed by atoms with Crippen molar-refractivity contribution >= 4 is 0 Å². The molecule has 4 aliphatic carbocycles. The van der Waals surface area contributed by atoms with Gasteiger partial charge in [-0.1, -0.05) is 6.92 Å². The van der Waals surface area contributed by atoms with E-state index in [9.17, 15) is 5.11 Å². The Bertz CT molecular complexity index is 472. The lowest BCUT2D eigenvalue weighted by Gasteiger charge is -2.56. The highest BCUT2D eigenvalue weighted by atomic mass is 16.7. The molecule has 0 bridgehead atoms. The Balaban J connectivity index is 1.36. The largest absolute Gasteiger partial charge is 0.393 e. The van der Waals surface area contributed by atoms with Crippen molar-refractivity contribution in [3.05, 3.63) is 0 Å². The van der Waals surface area contributed by atoms with Gasteiger partial charge in [-0.15, -0.1) is 0 Å². The zero-order chi connectivity index (χ0) is 15.7. The summed E-state index contributed by atoms with van der Waals surface area (Å²) in [5, 5.41) is 10.5. The van der Waals surface area contributed by atoms with Crippen molar-refractivity contribution in [2.45, 2.75) is 76.6 Å². The third-order valence-electron chi connectivity index (χ3n) is 8.71. The first-order valence-electron chi connectivity index (χ1n) is 10.1. The van der Waals surface area contributed by atoms with Gasteiger partial charge in [0.05, 0.1) is 19.3 Å². The SMILES string of the molecule is C[C@]12CC[C@H]3[C@H]4CCC5(C[C@@H]4CC[C@@H]3[C@H]1CC[C@H]2O)OCCO5. The van der Waals surface area contributed by atoms with E-state index in [0.29, 0.717) is 0 Å². The van der Waals surface area contributed by atoms with Gasteiger partial charge in [0, 0.05) is 12.8 Å². The van der Waals surface area contributed by atoms with E-state index >= 15 is 0 Å². The molecule has 0 aromatic carbocycles. The first kappa shape index (κ1) is 15.2. The summed E-state index contributed by atoms with van der Waals surface area (Å²) in [6, 6.07) is 0. The summed E-state index contributed by atoms with van der Waals surface area (Å²) >= 11 is 0. The maximum absolute atomic E-state index is 10.5. The van der Waals surface area contributed by atoms with E-state index < -0.39 is 0 Å². The van der Waals surface area contributed by atoms with Crippen molar-refractivity contribution in [2.75, 3.05) is 13.2 Å². The molecule has 1 heterocycles. The Labute approximate surface area is 140 Å². The third-order valence-corrected chi connectivity index (χ3v) is 8.71. The lowest BCUT2D eigenvalue weighted by molar-refractivity contribution is -0.210. The number of fused-ring (bicyclic) bond motifs is 5. The van der Waals surface area contributed by atoms with Gasteiger partial charge in [0.25, 0.3) is 0 Å². The van der Waals surface area contributed by atoms with Gasteiger partial charge in [0.2, 0.25) is 0 Å².